The first-order valence-electron chi connectivity index (χ1n) is 7.54. The molecular formula is C16H16BrN3O5S. The van der Waals surface area contributed by atoms with E-state index in [-0.39, 0.29) is 27.8 Å². The summed E-state index contributed by atoms with van der Waals surface area (Å²) in [7, 11) is -3.74. The number of nitriles is 1. The molecule has 2 rings (SSSR count). The molecule has 0 unspecified atom stereocenters. The molecular weight excluding hydrogens is 426 g/mol. The number of carbonyl (C=O) groups is 2. The van der Waals surface area contributed by atoms with Crippen LogP contribution in [0.2, 0.25) is 0 Å². The van der Waals surface area contributed by atoms with Gasteiger partial charge < -0.3 is 10.5 Å². The number of nitrogens with two attached hydrogens (primary N) is 1. The Morgan fingerprint density at radius 3 is 2.62 bits per heavy atom. The highest BCUT2D eigenvalue weighted by Gasteiger charge is 2.29. The lowest BCUT2D eigenvalue weighted by Crippen LogP contribution is -2.26. The Labute approximate surface area is 159 Å². The first-order chi connectivity index (χ1) is 12.2. The number of halogens is 1. The summed E-state index contributed by atoms with van der Waals surface area (Å²) in [6.07, 6.45) is 1.56. The molecule has 1 fully saturated rings. The van der Waals surface area contributed by atoms with Gasteiger partial charge in [0.2, 0.25) is 15.8 Å². The van der Waals surface area contributed by atoms with Crippen LogP contribution in [0, 0.1) is 11.3 Å². The minimum absolute atomic E-state index is 0.0222. The molecule has 1 aromatic rings. The molecule has 0 spiro atoms. The van der Waals surface area contributed by atoms with Crippen molar-refractivity contribution in [2.24, 2.45) is 5.73 Å². The fourth-order valence-corrected chi connectivity index (χ4v) is 3.71. The summed E-state index contributed by atoms with van der Waals surface area (Å²) < 4.78 is 32.2. The van der Waals surface area contributed by atoms with Crippen molar-refractivity contribution in [3.63, 3.8) is 0 Å². The number of carbonyl (C=O) groups excluding carboxylic acids is 2. The second-order valence-electron chi connectivity index (χ2n) is 5.71. The summed E-state index contributed by atoms with van der Waals surface area (Å²) in [6.45, 7) is 0.704. The van der Waals surface area contributed by atoms with E-state index in [1.54, 1.807) is 6.07 Å². The third-order valence-corrected chi connectivity index (χ3v) is 5.70. The van der Waals surface area contributed by atoms with Gasteiger partial charge in [-0.2, -0.15) is 5.26 Å². The highest BCUT2D eigenvalue weighted by atomic mass is 79.9. The summed E-state index contributed by atoms with van der Waals surface area (Å²) in [6, 6.07) is 5.49. The second kappa shape index (κ2) is 7.99. The average Bonchev–Trinajstić information content (AvgIpc) is 3.36. The van der Waals surface area contributed by atoms with Crippen LogP contribution in [0.1, 0.15) is 30.1 Å². The second-order valence-corrected chi connectivity index (χ2v) is 8.27. The van der Waals surface area contributed by atoms with E-state index in [1.165, 1.54) is 19.1 Å². The largest absolute Gasteiger partial charge is 0.454 e. The van der Waals surface area contributed by atoms with Crippen molar-refractivity contribution in [1.82, 2.24) is 4.72 Å². The Balaban J connectivity index is 2.16. The fourth-order valence-electron chi connectivity index (χ4n) is 1.97. The lowest BCUT2D eigenvalue weighted by atomic mass is 10.1. The number of hydrogen-bond donors (Lipinski definition) is 2. The van der Waals surface area contributed by atoms with Gasteiger partial charge in [0, 0.05) is 16.2 Å². The number of nitrogens with zero attached hydrogens (tertiary/aromatic N) is 1. The predicted octanol–water partition coefficient (Wildman–Crippen LogP) is 1.37. The van der Waals surface area contributed by atoms with E-state index >= 15 is 0 Å². The number of sulfonamides is 1. The average molecular weight is 442 g/mol. The topological polar surface area (TPSA) is 139 Å². The molecule has 1 aliphatic rings. The molecule has 0 amide bonds. The van der Waals surface area contributed by atoms with E-state index < -0.39 is 28.4 Å². The minimum Gasteiger partial charge on any atom is -0.454 e. The minimum atomic E-state index is -3.74. The smallest absolute Gasteiger partial charge is 0.339 e. The van der Waals surface area contributed by atoms with E-state index in [9.17, 15) is 18.0 Å². The van der Waals surface area contributed by atoms with Crippen molar-refractivity contribution in [2.45, 2.75) is 30.7 Å². The molecule has 3 N–H and O–H groups in total. The van der Waals surface area contributed by atoms with Gasteiger partial charge in [0.1, 0.15) is 11.6 Å². The number of nitrogens with one attached hydrogen (secondary N) is 1. The van der Waals surface area contributed by atoms with Crippen LogP contribution in [0.25, 0.3) is 0 Å². The molecule has 0 radical (unpaired) electrons. The van der Waals surface area contributed by atoms with Crippen molar-refractivity contribution in [2.75, 3.05) is 6.61 Å². The molecule has 0 atom stereocenters. The van der Waals surface area contributed by atoms with E-state index in [2.05, 4.69) is 20.7 Å². The molecule has 138 valence electrons. The normalized spacial score (nSPS) is 15.0. The van der Waals surface area contributed by atoms with Crippen molar-refractivity contribution >= 4 is 37.7 Å². The van der Waals surface area contributed by atoms with E-state index in [4.69, 9.17) is 15.7 Å². The van der Waals surface area contributed by atoms with Crippen LogP contribution in [0.15, 0.2) is 38.8 Å². The van der Waals surface area contributed by atoms with Crippen LogP contribution in [0.3, 0.4) is 0 Å². The Bertz CT molecular complexity index is 926. The maximum Gasteiger partial charge on any atom is 0.339 e. The number of benzene rings is 1. The van der Waals surface area contributed by atoms with E-state index in [1.807, 2.05) is 0 Å². The molecule has 0 bridgehead atoms. The molecule has 1 aromatic carbocycles. The van der Waals surface area contributed by atoms with Crippen LogP contribution in [-0.4, -0.2) is 32.8 Å². The van der Waals surface area contributed by atoms with Crippen LogP contribution in [0.4, 0.5) is 0 Å². The number of esters is 1. The van der Waals surface area contributed by atoms with Gasteiger partial charge in [-0.25, -0.2) is 17.9 Å². The first kappa shape index (κ1) is 20.1. The number of ketones is 1. The maximum atomic E-state index is 12.2. The predicted molar refractivity (Wildman–Crippen MR) is 95.3 cm³/mol. The third-order valence-electron chi connectivity index (χ3n) is 3.49. The number of allylic oxidation sites excluding steroid dienone is 1. The van der Waals surface area contributed by atoms with E-state index in [0.717, 1.165) is 18.9 Å². The van der Waals surface area contributed by atoms with E-state index in [0.29, 0.717) is 4.47 Å². The highest BCUT2D eigenvalue weighted by Crippen LogP contribution is 2.25. The van der Waals surface area contributed by atoms with Crippen LogP contribution >= 0.6 is 15.9 Å². The lowest BCUT2D eigenvalue weighted by molar-refractivity contribution is -0.118. The van der Waals surface area contributed by atoms with Gasteiger partial charge >= 0.3 is 5.97 Å². The molecule has 0 heterocycles. The maximum absolute atomic E-state index is 12.2. The summed E-state index contributed by atoms with van der Waals surface area (Å²) >= 11 is 3.15. The Hall–Kier alpha value is -2.22. The van der Waals surface area contributed by atoms with Gasteiger partial charge in [0.15, 0.2) is 6.61 Å². The molecule has 0 aromatic heterocycles. The Morgan fingerprint density at radius 1 is 1.42 bits per heavy atom. The molecule has 1 saturated carbocycles. The Morgan fingerprint density at radius 2 is 2.08 bits per heavy atom. The monoisotopic (exact) mass is 441 g/mol. The zero-order chi connectivity index (χ0) is 19.5. The SMILES string of the molecule is CC(N)=C(C#N)C(=O)COC(=O)c1cc(S(=O)(=O)NC2CC2)ccc1Br. The summed E-state index contributed by atoms with van der Waals surface area (Å²) in [5.41, 5.74) is 5.10. The standard InChI is InChI=1S/C16H16BrN3O5S/c1-9(19)13(7-18)15(21)8-25-16(22)12-6-11(4-5-14(12)17)26(23,24)20-10-2-3-10/h4-6,10,20H,2-3,8,19H2,1H3. The highest BCUT2D eigenvalue weighted by molar-refractivity contribution is 9.10. The fraction of sp³-hybridized carbons (Fsp3) is 0.312. The third kappa shape index (κ3) is 4.91. The number of rotatable bonds is 7. The lowest BCUT2D eigenvalue weighted by Gasteiger charge is -2.09. The van der Waals surface area contributed by atoms with Gasteiger partial charge in [-0.15, -0.1) is 0 Å². The summed E-state index contributed by atoms with van der Waals surface area (Å²) in [5.74, 6) is -1.64. The zero-order valence-corrected chi connectivity index (χ0v) is 16.2. The van der Waals surface area contributed by atoms with Gasteiger partial charge in [0.25, 0.3) is 0 Å². The summed E-state index contributed by atoms with van der Waals surface area (Å²) in [4.78, 5) is 24.0. The quantitative estimate of drug-likeness (QED) is 0.369. The molecule has 0 aliphatic heterocycles. The van der Waals surface area contributed by atoms with Crippen molar-refractivity contribution in [3.8, 4) is 6.07 Å². The Kier molecular flexibility index (Phi) is 6.17. The van der Waals surface area contributed by atoms with Crippen LogP contribution in [-0.2, 0) is 19.6 Å². The van der Waals surface area contributed by atoms with Crippen LogP contribution in [0.5, 0.6) is 0 Å². The molecule has 0 saturated heterocycles. The van der Waals surface area contributed by atoms with Crippen LogP contribution < -0.4 is 10.5 Å². The molecule has 10 heteroatoms. The van der Waals surface area contributed by atoms with Crippen molar-refractivity contribution in [3.05, 3.63) is 39.5 Å². The van der Waals surface area contributed by atoms with Gasteiger partial charge in [-0.3, -0.25) is 4.79 Å². The summed E-state index contributed by atoms with van der Waals surface area (Å²) in [5, 5.41) is 8.87. The molecule has 8 nitrogen and oxygen atoms in total. The van der Waals surface area contributed by atoms with Gasteiger partial charge in [-0.1, -0.05) is 0 Å². The zero-order valence-electron chi connectivity index (χ0n) is 13.8. The number of hydrogen-bond acceptors (Lipinski definition) is 7. The van der Waals surface area contributed by atoms with Gasteiger partial charge in [-0.05, 0) is 53.9 Å². The van der Waals surface area contributed by atoms with Gasteiger partial charge in [0.05, 0.1) is 10.5 Å². The molecule has 1 aliphatic carbocycles. The number of ether oxygens (including phenoxy) is 1. The first-order valence-corrected chi connectivity index (χ1v) is 9.82. The van der Waals surface area contributed by atoms with Crippen molar-refractivity contribution in [1.29, 1.82) is 5.26 Å². The molecule has 26 heavy (non-hydrogen) atoms. The van der Waals surface area contributed by atoms with Crippen molar-refractivity contribution < 1.29 is 22.7 Å². The number of Topliss-reactive ketones (excluding diaryl/α,β-unsaturated/α-hetero) is 1.